The van der Waals surface area contributed by atoms with E-state index in [4.69, 9.17) is 4.74 Å². The topological polar surface area (TPSA) is 32.8 Å². The Morgan fingerprint density at radius 1 is 1.24 bits per heavy atom. The maximum Gasteiger partial charge on any atom is 0.410 e. The van der Waals surface area contributed by atoms with Gasteiger partial charge >= 0.3 is 6.09 Å². The van der Waals surface area contributed by atoms with Crippen molar-refractivity contribution in [3.8, 4) is 0 Å². The number of hydrogen-bond donors (Lipinski definition) is 0. The van der Waals surface area contributed by atoms with Crippen LogP contribution in [0.3, 0.4) is 0 Å². The summed E-state index contributed by atoms with van der Waals surface area (Å²) in [4.78, 5) is 16.6. The Balaban J connectivity index is 1.52. The van der Waals surface area contributed by atoms with E-state index in [0.717, 1.165) is 25.1 Å². The number of amides is 1. The SMILES string of the molecule is CN1CCCC2CN(C(=O)OCc3ccccc3)CCC21. The number of nitrogens with zero attached hydrogens (tertiary/aromatic N) is 2. The number of benzene rings is 1. The van der Waals surface area contributed by atoms with Crippen molar-refractivity contribution in [2.75, 3.05) is 26.7 Å². The van der Waals surface area contributed by atoms with Crippen LogP contribution in [0.5, 0.6) is 0 Å². The van der Waals surface area contributed by atoms with Crippen LogP contribution in [0.2, 0.25) is 0 Å². The molecule has 0 spiro atoms. The Kier molecular flexibility index (Phi) is 4.44. The molecule has 0 aliphatic carbocycles. The van der Waals surface area contributed by atoms with Crippen LogP contribution in [-0.2, 0) is 11.3 Å². The van der Waals surface area contributed by atoms with Crippen LogP contribution in [0.1, 0.15) is 24.8 Å². The molecule has 1 aromatic carbocycles. The van der Waals surface area contributed by atoms with E-state index in [1.165, 1.54) is 19.4 Å². The molecule has 114 valence electrons. The summed E-state index contributed by atoms with van der Waals surface area (Å²) in [5.41, 5.74) is 1.04. The average molecular weight is 288 g/mol. The maximum absolute atomic E-state index is 12.2. The normalized spacial score (nSPS) is 26.2. The summed E-state index contributed by atoms with van der Waals surface area (Å²) in [6.45, 7) is 3.23. The van der Waals surface area contributed by atoms with Crippen LogP contribution < -0.4 is 0 Å². The van der Waals surface area contributed by atoms with E-state index >= 15 is 0 Å². The van der Waals surface area contributed by atoms with Crippen LogP contribution in [0.4, 0.5) is 4.79 Å². The predicted molar refractivity (Wildman–Crippen MR) is 82.0 cm³/mol. The molecule has 0 bridgehead atoms. The zero-order valence-corrected chi connectivity index (χ0v) is 12.7. The Morgan fingerprint density at radius 2 is 2.05 bits per heavy atom. The first-order chi connectivity index (χ1) is 10.2. The molecule has 4 nitrogen and oxygen atoms in total. The molecule has 0 saturated carbocycles. The van der Waals surface area contributed by atoms with E-state index in [2.05, 4.69) is 11.9 Å². The van der Waals surface area contributed by atoms with E-state index in [1.807, 2.05) is 35.2 Å². The molecule has 3 rings (SSSR count). The summed E-state index contributed by atoms with van der Waals surface area (Å²) in [5.74, 6) is 0.613. The Hall–Kier alpha value is -1.55. The third kappa shape index (κ3) is 3.38. The number of carbonyl (C=O) groups excluding carboxylic acids is 1. The third-order valence-electron chi connectivity index (χ3n) is 4.81. The van der Waals surface area contributed by atoms with E-state index in [1.54, 1.807) is 0 Å². The predicted octanol–water partition coefficient (Wildman–Crippen LogP) is 2.74. The fourth-order valence-electron chi connectivity index (χ4n) is 3.63. The van der Waals surface area contributed by atoms with E-state index in [-0.39, 0.29) is 6.09 Å². The molecular weight excluding hydrogens is 264 g/mol. The lowest BCUT2D eigenvalue weighted by Crippen LogP contribution is -2.53. The van der Waals surface area contributed by atoms with Crippen LogP contribution in [0.25, 0.3) is 0 Å². The molecule has 0 radical (unpaired) electrons. The first-order valence-electron chi connectivity index (χ1n) is 7.90. The highest BCUT2D eigenvalue weighted by molar-refractivity contribution is 5.67. The molecule has 2 saturated heterocycles. The van der Waals surface area contributed by atoms with Crippen molar-refractivity contribution in [2.24, 2.45) is 5.92 Å². The fraction of sp³-hybridized carbons (Fsp3) is 0.588. The van der Waals surface area contributed by atoms with E-state index < -0.39 is 0 Å². The number of carbonyl (C=O) groups is 1. The lowest BCUT2D eigenvalue weighted by Gasteiger charge is -2.45. The monoisotopic (exact) mass is 288 g/mol. The van der Waals surface area contributed by atoms with Crippen molar-refractivity contribution >= 4 is 6.09 Å². The van der Waals surface area contributed by atoms with Gasteiger partial charge in [0.2, 0.25) is 0 Å². The van der Waals surface area contributed by atoms with Gasteiger partial charge in [-0.1, -0.05) is 30.3 Å². The van der Waals surface area contributed by atoms with Crippen molar-refractivity contribution in [2.45, 2.75) is 31.9 Å². The standard InChI is InChI=1S/C17H24N2O2/c1-18-10-5-8-15-12-19(11-9-16(15)18)17(20)21-13-14-6-3-2-4-7-14/h2-4,6-7,15-16H,5,8-13H2,1H3. The van der Waals surface area contributed by atoms with Gasteiger partial charge in [0.05, 0.1) is 0 Å². The molecule has 2 fully saturated rings. The molecule has 4 heteroatoms. The van der Waals surface area contributed by atoms with Crippen molar-refractivity contribution in [3.05, 3.63) is 35.9 Å². The molecule has 1 aromatic rings. The van der Waals surface area contributed by atoms with Crippen molar-refractivity contribution in [1.29, 1.82) is 0 Å². The number of fused-ring (bicyclic) bond motifs is 1. The summed E-state index contributed by atoms with van der Waals surface area (Å²) in [7, 11) is 2.21. The van der Waals surface area contributed by atoms with Crippen LogP contribution >= 0.6 is 0 Å². The fourth-order valence-corrected chi connectivity index (χ4v) is 3.63. The van der Waals surface area contributed by atoms with Gasteiger partial charge in [0.15, 0.2) is 0 Å². The van der Waals surface area contributed by atoms with Crippen LogP contribution in [0.15, 0.2) is 30.3 Å². The number of ether oxygens (including phenoxy) is 1. The van der Waals surface area contributed by atoms with Gasteiger partial charge < -0.3 is 14.5 Å². The molecular formula is C17H24N2O2. The highest BCUT2D eigenvalue weighted by Gasteiger charge is 2.36. The average Bonchev–Trinajstić information content (AvgIpc) is 2.53. The summed E-state index contributed by atoms with van der Waals surface area (Å²) in [6, 6.07) is 10.5. The minimum Gasteiger partial charge on any atom is -0.445 e. The Labute approximate surface area is 126 Å². The molecule has 2 heterocycles. The van der Waals surface area contributed by atoms with Gasteiger partial charge in [0, 0.05) is 19.1 Å². The number of rotatable bonds is 2. The second kappa shape index (κ2) is 6.48. The number of likely N-dealkylation sites (tertiary alicyclic amines) is 2. The van der Waals surface area contributed by atoms with Crippen LogP contribution in [0, 0.1) is 5.92 Å². The minimum atomic E-state index is -0.162. The van der Waals surface area contributed by atoms with Crippen molar-refractivity contribution in [1.82, 2.24) is 9.80 Å². The van der Waals surface area contributed by atoms with Gasteiger partial charge in [0.25, 0.3) is 0 Å². The maximum atomic E-state index is 12.2. The molecule has 2 atom stereocenters. The Morgan fingerprint density at radius 3 is 2.86 bits per heavy atom. The van der Waals surface area contributed by atoms with Gasteiger partial charge in [-0.25, -0.2) is 4.79 Å². The number of piperidine rings is 2. The quantitative estimate of drug-likeness (QED) is 0.839. The van der Waals surface area contributed by atoms with Gasteiger partial charge in [-0.2, -0.15) is 0 Å². The van der Waals surface area contributed by atoms with Crippen LogP contribution in [-0.4, -0.2) is 48.6 Å². The summed E-state index contributed by atoms with van der Waals surface area (Å²) in [5, 5.41) is 0. The zero-order chi connectivity index (χ0) is 14.7. The zero-order valence-electron chi connectivity index (χ0n) is 12.7. The summed E-state index contributed by atoms with van der Waals surface area (Å²) in [6.07, 6.45) is 3.38. The Bertz CT molecular complexity index is 477. The summed E-state index contributed by atoms with van der Waals surface area (Å²) >= 11 is 0. The molecule has 1 amide bonds. The summed E-state index contributed by atoms with van der Waals surface area (Å²) < 4.78 is 5.45. The highest BCUT2D eigenvalue weighted by atomic mass is 16.6. The smallest absolute Gasteiger partial charge is 0.410 e. The lowest BCUT2D eigenvalue weighted by atomic mass is 9.84. The first-order valence-corrected chi connectivity index (χ1v) is 7.90. The third-order valence-corrected chi connectivity index (χ3v) is 4.81. The molecule has 2 unspecified atom stereocenters. The van der Waals surface area contributed by atoms with Gasteiger partial charge in [-0.3, -0.25) is 0 Å². The van der Waals surface area contributed by atoms with E-state index in [0.29, 0.717) is 18.6 Å². The van der Waals surface area contributed by atoms with Crippen molar-refractivity contribution in [3.63, 3.8) is 0 Å². The molecule has 21 heavy (non-hydrogen) atoms. The minimum absolute atomic E-state index is 0.162. The van der Waals surface area contributed by atoms with Gasteiger partial charge in [-0.05, 0) is 44.3 Å². The molecule has 2 aliphatic rings. The highest BCUT2D eigenvalue weighted by Crippen LogP contribution is 2.29. The van der Waals surface area contributed by atoms with Gasteiger partial charge in [-0.15, -0.1) is 0 Å². The lowest BCUT2D eigenvalue weighted by molar-refractivity contribution is 0.0270. The largest absolute Gasteiger partial charge is 0.445 e. The first kappa shape index (κ1) is 14.4. The van der Waals surface area contributed by atoms with Crippen molar-refractivity contribution < 1.29 is 9.53 Å². The number of hydrogen-bond acceptors (Lipinski definition) is 3. The van der Waals surface area contributed by atoms with Gasteiger partial charge in [0.1, 0.15) is 6.61 Å². The molecule has 0 N–H and O–H groups in total. The second-order valence-electron chi connectivity index (χ2n) is 6.23. The molecule has 0 aromatic heterocycles. The molecule has 2 aliphatic heterocycles. The second-order valence-corrected chi connectivity index (χ2v) is 6.23. The van der Waals surface area contributed by atoms with E-state index in [9.17, 15) is 4.79 Å².